The second kappa shape index (κ2) is 4.94. The zero-order chi connectivity index (χ0) is 8.81. The molecule has 0 saturated carbocycles. The van der Waals surface area contributed by atoms with E-state index >= 15 is 0 Å². The molecule has 1 radical (unpaired) electrons. The summed E-state index contributed by atoms with van der Waals surface area (Å²) in [6.45, 7) is 2.15. The summed E-state index contributed by atoms with van der Waals surface area (Å²) >= 11 is 0. The maximum Gasteiger partial charge on any atom is 0.126 e. The van der Waals surface area contributed by atoms with Crippen LogP contribution in [0.4, 0.5) is 0 Å². The van der Waals surface area contributed by atoms with E-state index in [2.05, 4.69) is 19.1 Å². The fourth-order valence-electron chi connectivity index (χ4n) is 1.22. The summed E-state index contributed by atoms with van der Waals surface area (Å²) in [5.74, 6) is 0. The van der Waals surface area contributed by atoms with Crippen molar-refractivity contribution in [3.63, 3.8) is 0 Å². The van der Waals surface area contributed by atoms with Gasteiger partial charge in [-0.2, -0.15) is 0 Å². The maximum absolute atomic E-state index is 5.29. The Morgan fingerprint density at radius 1 is 1.25 bits per heavy atom. The molecule has 1 aromatic rings. The summed E-state index contributed by atoms with van der Waals surface area (Å²) in [6.07, 6.45) is 3.22. The highest BCUT2D eigenvalue weighted by Crippen LogP contribution is 2.19. The van der Waals surface area contributed by atoms with Crippen LogP contribution in [0.1, 0.15) is 25.3 Å². The van der Waals surface area contributed by atoms with Gasteiger partial charge in [-0.3, -0.25) is 0 Å². The Bertz CT molecular complexity index is 206. The molecule has 0 aliphatic carbocycles. The van der Waals surface area contributed by atoms with Gasteiger partial charge in [-0.05, 0) is 12.0 Å². The van der Waals surface area contributed by atoms with Crippen molar-refractivity contribution in [3.8, 4) is 0 Å². The fraction of sp³-hybridized carbons (Fsp3) is 0.364. The third-order valence-electron chi connectivity index (χ3n) is 1.82. The number of ether oxygens (including phenoxy) is 1. The molecule has 0 saturated heterocycles. The molecule has 0 aliphatic rings. The summed E-state index contributed by atoms with van der Waals surface area (Å²) in [5.41, 5.74) is 1.20. The van der Waals surface area contributed by atoms with Crippen LogP contribution in [0.2, 0.25) is 0 Å². The third-order valence-corrected chi connectivity index (χ3v) is 1.82. The van der Waals surface area contributed by atoms with Gasteiger partial charge in [0.15, 0.2) is 0 Å². The van der Waals surface area contributed by atoms with Crippen LogP contribution in [0.25, 0.3) is 0 Å². The zero-order valence-electron chi connectivity index (χ0n) is 7.71. The molecule has 0 atom stereocenters. The van der Waals surface area contributed by atoms with Gasteiger partial charge in [0.05, 0.1) is 0 Å². The molecule has 0 unspecified atom stereocenters. The van der Waals surface area contributed by atoms with Gasteiger partial charge in [0.2, 0.25) is 0 Å². The topological polar surface area (TPSA) is 9.23 Å². The third kappa shape index (κ3) is 2.35. The number of benzene rings is 1. The molecule has 0 fully saturated rings. The Morgan fingerprint density at radius 2 is 1.92 bits per heavy atom. The van der Waals surface area contributed by atoms with Crippen molar-refractivity contribution in [2.75, 3.05) is 7.11 Å². The molecule has 0 aromatic heterocycles. The van der Waals surface area contributed by atoms with E-state index in [0.29, 0.717) is 0 Å². The van der Waals surface area contributed by atoms with Gasteiger partial charge in [-0.15, -0.1) is 0 Å². The van der Waals surface area contributed by atoms with Crippen molar-refractivity contribution in [1.82, 2.24) is 0 Å². The molecule has 0 bridgehead atoms. The molecular weight excluding hydrogens is 148 g/mol. The molecule has 12 heavy (non-hydrogen) atoms. The lowest BCUT2D eigenvalue weighted by molar-refractivity contribution is 0.216. The SMILES string of the molecule is CCC[C](OC)c1ccccc1. The summed E-state index contributed by atoms with van der Waals surface area (Å²) in [5, 5.41) is 0. The summed E-state index contributed by atoms with van der Waals surface area (Å²) in [6, 6.07) is 10.2. The van der Waals surface area contributed by atoms with Gasteiger partial charge < -0.3 is 4.74 Å². The Kier molecular flexibility index (Phi) is 3.81. The van der Waals surface area contributed by atoms with Crippen LogP contribution >= 0.6 is 0 Å². The average molecular weight is 163 g/mol. The molecule has 0 aliphatic heterocycles. The molecule has 65 valence electrons. The maximum atomic E-state index is 5.29. The Balaban J connectivity index is 2.66. The van der Waals surface area contributed by atoms with Crippen LogP contribution in [0.5, 0.6) is 0 Å². The minimum Gasteiger partial charge on any atom is -0.370 e. The Morgan fingerprint density at radius 3 is 2.42 bits per heavy atom. The minimum absolute atomic E-state index is 1.01. The Labute approximate surface area is 74.4 Å². The van der Waals surface area contributed by atoms with E-state index in [0.717, 1.165) is 18.9 Å². The number of hydrogen-bond donors (Lipinski definition) is 0. The summed E-state index contributed by atoms with van der Waals surface area (Å²) in [7, 11) is 1.73. The van der Waals surface area contributed by atoms with Gasteiger partial charge in [-0.1, -0.05) is 43.7 Å². The lowest BCUT2D eigenvalue weighted by Crippen LogP contribution is -2.01. The van der Waals surface area contributed by atoms with Crippen LogP contribution in [0.3, 0.4) is 0 Å². The van der Waals surface area contributed by atoms with Crippen LogP contribution in [-0.4, -0.2) is 7.11 Å². The molecule has 0 N–H and O–H groups in total. The zero-order valence-corrected chi connectivity index (χ0v) is 7.71. The first-order chi connectivity index (χ1) is 5.88. The van der Waals surface area contributed by atoms with E-state index in [1.807, 2.05) is 18.2 Å². The van der Waals surface area contributed by atoms with Gasteiger partial charge in [0.1, 0.15) is 6.10 Å². The second-order valence-electron chi connectivity index (χ2n) is 2.74. The highest BCUT2D eigenvalue weighted by Gasteiger charge is 2.08. The number of hydrogen-bond acceptors (Lipinski definition) is 1. The molecule has 1 rings (SSSR count). The van der Waals surface area contributed by atoms with E-state index < -0.39 is 0 Å². The van der Waals surface area contributed by atoms with Gasteiger partial charge >= 0.3 is 0 Å². The van der Waals surface area contributed by atoms with Gasteiger partial charge in [-0.25, -0.2) is 0 Å². The quantitative estimate of drug-likeness (QED) is 0.663. The normalized spacial score (nSPS) is 10.6. The van der Waals surface area contributed by atoms with Gasteiger partial charge in [0, 0.05) is 7.11 Å². The van der Waals surface area contributed by atoms with Gasteiger partial charge in [0.25, 0.3) is 0 Å². The molecule has 0 spiro atoms. The average Bonchev–Trinajstić information content (AvgIpc) is 2.15. The van der Waals surface area contributed by atoms with E-state index in [4.69, 9.17) is 4.74 Å². The van der Waals surface area contributed by atoms with Crippen molar-refractivity contribution in [1.29, 1.82) is 0 Å². The number of methoxy groups -OCH3 is 1. The first kappa shape index (κ1) is 9.27. The first-order valence-corrected chi connectivity index (χ1v) is 4.33. The van der Waals surface area contributed by atoms with Crippen LogP contribution in [0.15, 0.2) is 30.3 Å². The largest absolute Gasteiger partial charge is 0.370 e. The van der Waals surface area contributed by atoms with E-state index in [1.165, 1.54) is 5.56 Å². The monoisotopic (exact) mass is 163 g/mol. The molecule has 0 heterocycles. The molecule has 1 heteroatoms. The second-order valence-corrected chi connectivity index (χ2v) is 2.74. The lowest BCUT2D eigenvalue weighted by atomic mass is 10.1. The minimum atomic E-state index is 1.01. The van der Waals surface area contributed by atoms with Crippen molar-refractivity contribution in [2.45, 2.75) is 19.8 Å². The molecular formula is C11H15O. The first-order valence-electron chi connectivity index (χ1n) is 4.33. The fourth-order valence-corrected chi connectivity index (χ4v) is 1.22. The predicted octanol–water partition coefficient (Wildman–Crippen LogP) is 3.01. The molecule has 0 amide bonds. The Hall–Kier alpha value is -0.820. The van der Waals surface area contributed by atoms with Crippen molar-refractivity contribution < 1.29 is 4.74 Å². The summed E-state index contributed by atoms with van der Waals surface area (Å²) < 4.78 is 5.29. The summed E-state index contributed by atoms with van der Waals surface area (Å²) in [4.78, 5) is 0. The van der Waals surface area contributed by atoms with Crippen LogP contribution in [0, 0.1) is 6.10 Å². The predicted molar refractivity (Wildman–Crippen MR) is 50.7 cm³/mol. The standard InChI is InChI=1S/C11H15O/c1-3-7-11(12-2)10-8-5-4-6-9-10/h4-6,8-9H,3,7H2,1-2H3. The van der Waals surface area contributed by atoms with E-state index in [-0.39, 0.29) is 0 Å². The molecule has 1 aromatic carbocycles. The van der Waals surface area contributed by atoms with Crippen molar-refractivity contribution in [3.05, 3.63) is 42.0 Å². The number of rotatable bonds is 4. The smallest absolute Gasteiger partial charge is 0.126 e. The van der Waals surface area contributed by atoms with E-state index in [9.17, 15) is 0 Å². The van der Waals surface area contributed by atoms with Crippen LogP contribution in [-0.2, 0) is 4.74 Å². The van der Waals surface area contributed by atoms with Crippen molar-refractivity contribution >= 4 is 0 Å². The lowest BCUT2D eigenvalue weighted by Gasteiger charge is -2.12. The highest BCUT2D eigenvalue weighted by atomic mass is 16.5. The van der Waals surface area contributed by atoms with Crippen LogP contribution < -0.4 is 0 Å². The van der Waals surface area contributed by atoms with Crippen molar-refractivity contribution in [2.24, 2.45) is 0 Å². The highest BCUT2D eigenvalue weighted by molar-refractivity contribution is 5.26. The molecule has 1 nitrogen and oxygen atoms in total. The van der Waals surface area contributed by atoms with E-state index in [1.54, 1.807) is 7.11 Å².